The third kappa shape index (κ3) is 4.97. The van der Waals surface area contributed by atoms with Crippen molar-refractivity contribution in [3.05, 3.63) is 47.9 Å². The molecule has 0 saturated carbocycles. The number of nitrogens with one attached hydrogen (secondary N) is 1. The number of ether oxygens (including phenoxy) is 1. The van der Waals surface area contributed by atoms with Crippen molar-refractivity contribution in [1.82, 2.24) is 0 Å². The Morgan fingerprint density at radius 1 is 1.15 bits per heavy atom. The van der Waals surface area contributed by atoms with Gasteiger partial charge in [-0.1, -0.05) is 13.3 Å². The molecule has 0 aliphatic heterocycles. The van der Waals surface area contributed by atoms with Crippen LogP contribution in [0.15, 0.2) is 52.9 Å². The fourth-order valence-electron chi connectivity index (χ4n) is 2.83. The van der Waals surface area contributed by atoms with Crippen LogP contribution < -0.4 is 10.6 Å². The average molecular weight is 354 g/mol. The summed E-state index contributed by atoms with van der Waals surface area (Å²) < 4.78 is 5.73. The number of hydrogen-bond acceptors (Lipinski definition) is 5. The maximum Gasteiger partial charge on any atom is 0.144 e. The standard InChI is InChI=1S/C21H30N4O/c1-5-7-12-26-21-14-20(18(22)13-19(21)23)24-16-8-10-17(11-9-16)25(6-2)15(3)4/h8-11,13-15,22H,5-7,12,23H2,1-4H3. The minimum absolute atomic E-state index is 0.298. The van der Waals surface area contributed by atoms with Gasteiger partial charge in [0.25, 0.3) is 0 Å². The van der Waals surface area contributed by atoms with Gasteiger partial charge in [-0.25, -0.2) is 4.99 Å². The first-order valence-corrected chi connectivity index (χ1v) is 9.32. The molecule has 0 saturated heterocycles. The van der Waals surface area contributed by atoms with Crippen molar-refractivity contribution in [3.8, 4) is 0 Å². The Bertz CT molecular complexity index is 714. The summed E-state index contributed by atoms with van der Waals surface area (Å²) in [6.07, 6.45) is 5.39. The predicted molar refractivity (Wildman–Crippen MR) is 111 cm³/mol. The molecule has 0 fully saturated rings. The van der Waals surface area contributed by atoms with Gasteiger partial charge in [-0.15, -0.1) is 0 Å². The van der Waals surface area contributed by atoms with Crippen LogP contribution in [0, 0.1) is 5.41 Å². The Hall–Kier alpha value is -2.56. The van der Waals surface area contributed by atoms with Gasteiger partial charge in [0.15, 0.2) is 0 Å². The van der Waals surface area contributed by atoms with Gasteiger partial charge in [0.05, 0.1) is 29.4 Å². The van der Waals surface area contributed by atoms with Crippen molar-refractivity contribution in [2.24, 2.45) is 10.7 Å². The third-order valence-electron chi connectivity index (χ3n) is 4.28. The number of allylic oxidation sites excluding steroid dienone is 2. The fraction of sp³-hybridized carbons (Fsp3) is 0.429. The molecule has 0 bridgehead atoms. The molecule has 0 aromatic heterocycles. The topological polar surface area (TPSA) is 74.7 Å². The van der Waals surface area contributed by atoms with E-state index in [-0.39, 0.29) is 0 Å². The number of anilines is 1. The van der Waals surface area contributed by atoms with Gasteiger partial charge >= 0.3 is 0 Å². The van der Waals surface area contributed by atoms with E-state index >= 15 is 0 Å². The van der Waals surface area contributed by atoms with E-state index in [0.717, 1.165) is 25.1 Å². The van der Waals surface area contributed by atoms with Crippen LogP contribution in [-0.2, 0) is 4.74 Å². The molecule has 3 N–H and O–H groups in total. The van der Waals surface area contributed by atoms with Gasteiger partial charge in [0.2, 0.25) is 0 Å². The monoisotopic (exact) mass is 354 g/mol. The van der Waals surface area contributed by atoms with Gasteiger partial charge < -0.3 is 15.4 Å². The maximum atomic E-state index is 8.13. The largest absolute Gasteiger partial charge is 0.491 e. The summed E-state index contributed by atoms with van der Waals surface area (Å²) in [5, 5.41) is 8.13. The molecule has 0 radical (unpaired) electrons. The minimum atomic E-state index is 0.298. The molecule has 1 aromatic rings. The van der Waals surface area contributed by atoms with Crippen LogP contribution in [0.1, 0.15) is 40.5 Å². The van der Waals surface area contributed by atoms with Gasteiger partial charge in [0, 0.05) is 24.4 Å². The van der Waals surface area contributed by atoms with Gasteiger partial charge in [-0.3, -0.25) is 5.41 Å². The van der Waals surface area contributed by atoms with E-state index in [1.807, 2.05) is 12.1 Å². The van der Waals surface area contributed by atoms with Gasteiger partial charge in [-0.2, -0.15) is 0 Å². The second-order valence-electron chi connectivity index (χ2n) is 6.62. The third-order valence-corrected chi connectivity index (χ3v) is 4.28. The highest BCUT2D eigenvalue weighted by Crippen LogP contribution is 2.23. The Kier molecular flexibility index (Phi) is 7.01. The summed E-state index contributed by atoms with van der Waals surface area (Å²) in [5.74, 6) is 0.599. The fourth-order valence-corrected chi connectivity index (χ4v) is 2.83. The molecular weight excluding hydrogens is 324 g/mol. The molecule has 1 aliphatic rings. The van der Waals surface area contributed by atoms with Crippen LogP contribution in [0.3, 0.4) is 0 Å². The van der Waals surface area contributed by atoms with Crippen molar-refractivity contribution in [2.75, 3.05) is 18.1 Å². The lowest BCUT2D eigenvalue weighted by molar-refractivity contribution is 0.215. The lowest BCUT2D eigenvalue weighted by atomic mass is 10.1. The minimum Gasteiger partial charge on any atom is -0.491 e. The molecule has 5 nitrogen and oxygen atoms in total. The lowest BCUT2D eigenvalue weighted by Crippen LogP contribution is -2.30. The molecule has 0 unspecified atom stereocenters. The van der Waals surface area contributed by atoms with E-state index < -0.39 is 0 Å². The second kappa shape index (κ2) is 9.22. The van der Waals surface area contributed by atoms with Crippen LogP contribution >= 0.6 is 0 Å². The summed E-state index contributed by atoms with van der Waals surface area (Å²) in [6, 6.07) is 8.55. The first-order valence-electron chi connectivity index (χ1n) is 9.32. The van der Waals surface area contributed by atoms with E-state index in [9.17, 15) is 0 Å². The summed E-state index contributed by atoms with van der Waals surface area (Å²) in [4.78, 5) is 6.92. The molecule has 26 heavy (non-hydrogen) atoms. The van der Waals surface area contributed by atoms with E-state index in [2.05, 4.69) is 49.7 Å². The highest BCUT2D eigenvalue weighted by molar-refractivity contribution is 6.50. The number of unbranched alkanes of at least 4 members (excludes halogenated alkanes) is 1. The van der Waals surface area contributed by atoms with E-state index in [1.165, 1.54) is 5.69 Å². The van der Waals surface area contributed by atoms with Gasteiger partial charge in [-0.05, 0) is 57.5 Å². The Morgan fingerprint density at radius 2 is 1.85 bits per heavy atom. The Morgan fingerprint density at radius 3 is 2.42 bits per heavy atom. The second-order valence-corrected chi connectivity index (χ2v) is 6.62. The van der Waals surface area contributed by atoms with Crippen molar-refractivity contribution >= 4 is 22.8 Å². The van der Waals surface area contributed by atoms with Crippen LogP contribution in [-0.4, -0.2) is 30.6 Å². The number of benzene rings is 1. The number of nitrogens with two attached hydrogens (primary N) is 1. The van der Waals surface area contributed by atoms with E-state index in [0.29, 0.717) is 35.5 Å². The molecule has 140 valence electrons. The molecule has 5 heteroatoms. The number of nitrogens with zero attached hydrogens (tertiary/aromatic N) is 2. The normalized spacial score (nSPS) is 15.9. The number of hydrogen-bond donors (Lipinski definition) is 2. The zero-order valence-electron chi connectivity index (χ0n) is 16.2. The van der Waals surface area contributed by atoms with Gasteiger partial charge in [0.1, 0.15) is 5.76 Å². The van der Waals surface area contributed by atoms with Crippen LogP contribution in [0.5, 0.6) is 0 Å². The van der Waals surface area contributed by atoms with Crippen molar-refractivity contribution in [3.63, 3.8) is 0 Å². The van der Waals surface area contributed by atoms with Crippen LogP contribution in [0.25, 0.3) is 0 Å². The Labute approximate surface area is 156 Å². The SMILES string of the molecule is CCCCOC1=CC(=Nc2ccc(N(CC)C(C)C)cc2)C(=N)C=C1N. The summed E-state index contributed by atoms with van der Waals surface area (Å²) >= 11 is 0. The molecule has 1 aliphatic carbocycles. The summed E-state index contributed by atoms with van der Waals surface area (Å²) in [6.45, 7) is 10.2. The molecule has 0 spiro atoms. The number of aliphatic imine (C=N–C) groups is 1. The van der Waals surface area contributed by atoms with Crippen molar-refractivity contribution < 1.29 is 4.74 Å². The van der Waals surface area contributed by atoms with Crippen molar-refractivity contribution in [2.45, 2.75) is 46.6 Å². The molecule has 0 heterocycles. The molecule has 0 amide bonds. The predicted octanol–water partition coefficient (Wildman–Crippen LogP) is 4.57. The molecule has 2 rings (SSSR count). The number of rotatable bonds is 8. The maximum absolute atomic E-state index is 8.13. The first-order chi connectivity index (χ1) is 12.5. The zero-order valence-corrected chi connectivity index (χ0v) is 16.2. The highest BCUT2D eigenvalue weighted by Gasteiger charge is 2.15. The molecular formula is C21H30N4O. The molecule has 1 aromatic carbocycles. The van der Waals surface area contributed by atoms with Crippen molar-refractivity contribution in [1.29, 1.82) is 5.41 Å². The lowest BCUT2D eigenvalue weighted by Gasteiger charge is -2.27. The molecule has 0 atom stereocenters. The Balaban J connectivity index is 2.20. The van der Waals surface area contributed by atoms with Crippen LogP contribution in [0.2, 0.25) is 0 Å². The van der Waals surface area contributed by atoms with E-state index in [1.54, 1.807) is 12.2 Å². The summed E-state index contributed by atoms with van der Waals surface area (Å²) in [5.41, 5.74) is 9.30. The average Bonchev–Trinajstić information content (AvgIpc) is 2.60. The quantitative estimate of drug-likeness (QED) is 0.530. The first kappa shape index (κ1) is 19.8. The summed E-state index contributed by atoms with van der Waals surface area (Å²) in [7, 11) is 0. The highest BCUT2D eigenvalue weighted by atomic mass is 16.5. The van der Waals surface area contributed by atoms with E-state index in [4.69, 9.17) is 15.9 Å². The van der Waals surface area contributed by atoms with Crippen LogP contribution in [0.4, 0.5) is 11.4 Å². The zero-order chi connectivity index (χ0) is 19.1. The smallest absolute Gasteiger partial charge is 0.144 e.